The van der Waals surface area contributed by atoms with Crippen LogP contribution in [0, 0.1) is 5.82 Å². The van der Waals surface area contributed by atoms with Crippen LogP contribution in [0.3, 0.4) is 0 Å². The van der Waals surface area contributed by atoms with Crippen LogP contribution in [-0.4, -0.2) is 35.3 Å². The zero-order chi connectivity index (χ0) is 21.3. The number of carbonyl (C=O) groups is 2. The molecule has 6 nitrogen and oxygen atoms in total. The van der Waals surface area contributed by atoms with Crippen LogP contribution in [0.1, 0.15) is 22.8 Å². The Bertz CT molecular complexity index is 1090. The monoisotopic (exact) mass is 405 g/mol. The van der Waals surface area contributed by atoms with Gasteiger partial charge in [0.05, 0.1) is 7.11 Å². The predicted octanol–water partition coefficient (Wildman–Crippen LogP) is 3.22. The molecule has 0 saturated carbocycles. The fourth-order valence-electron chi connectivity index (χ4n) is 3.48. The lowest BCUT2D eigenvalue weighted by Crippen LogP contribution is -2.55. The van der Waals surface area contributed by atoms with Crippen molar-refractivity contribution in [3.05, 3.63) is 89.4 Å². The highest BCUT2D eigenvalue weighted by Crippen LogP contribution is 2.30. The molecular formula is C23H20FN3O3. The number of hydrogen-bond acceptors (Lipinski definition) is 4. The van der Waals surface area contributed by atoms with Gasteiger partial charge in [-0.15, -0.1) is 0 Å². The zero-order valence-corrected chi connectivity index (χ0v) is 16.6. The van der Waals surface area contributed by atoms with E-state index in [-0.39, 0.29) is 18.1 Å². The summed E-state index contributed by atoms with van der Waals surface area (Å²) in [6.45, 7) is 1.85. The molecule has 0 aromatic heterocycles. The third-order valence-corrected chi connectivity index (χ3v) is 5.08. The van der Waals surface area contributed by atoms with Crippen LogP contribution >= 0.6 is 0 Å². The number of amidine groups is 1. The molecule has 1 atom stereocenters. The highest BCUT2D eigenvalue weighted by atomic mass is 19.1. The van der Waals surface area contributed by atoms with Gasteiger partial charge in [0.1, 0.15) is 17.4 Å². The van der Waals surface area contributed by atoms with E-state index in [9.17, 15) is 14.0 Å². The zero-order valence-electron chi connectivity index (χ0n) is 16.6. The maximum atomic E-state index is 13.4. The van der Waals surface area contributed by atoms with Gasteiger partial charge in [-0.1, -0.05) is 18.2 Å². The molecule has 2 heterocycles. The summed E-state index contributed by atoms with van der Waals surface area (Å²) in [5.41, 5.74) is 0.323. The first kappa shape index (κ1) is 19.6. The van der Waals surface area contributed by atoms with Crippen molar-refractivity contribution in [3.8, 4) is 5.75 Å². The van der Waals surface area contributed by atoms with Crippen LogP contribution in [0.15, 0.2) is 77.4 Å². The van der Waals surface area contributed by atoms with E-state index >= 15 is 0 Å². The number of hydrogen-bond donors (Lipinski definition) is 1. The molecule has 2 aliphatic rings. The third kappa shape index (κ3) is 3.50. The molecule has 0 aliphatic carbocycles. The van der Waals surface area contributed by atoms with E-state index in [2.05, 4.69) is 10.3 Å². The van der Waals surface area contributed by atoms with Gasteiger partial charge in [-0.25, -0.2) is 9.38 Å². The molecule has 1 N–H and O–H groups in total. The minimum absolute atomic E-state index is 0.0924. The number of aliphatic imine (C=N–C) groups is 1. The summed E-state index contributed by atoms with van der Waals surface area (Å²) in [5, 5.41) is 2.82. The van der Waals surface area contributed by atoms with Gasteiger partial charge in [0.15, 0.2) is 0 Å². The Morgan fingerprint density at radius 2 is 1.87 bits per heavy atom. The van der Waals surface area contributed by atoms with E-state index in [0.717, 1.165) is 5.57 Å². The lowest BCUT2D eigenvalue weighted by molar-refractivity contribution is -0.130. The standard InChI is InChI=1S/C23H20FN3O3/c1-15-4-3-13-27-20(15)25-23(22(27)29,14-16-5-9-18(24)10-6-16)26-21(28)17-7-11-19(30-2)12-8-17/h3-13H,14H2,1-2H3,(H,26,28). The quantitative estimate of drug-likeness (QED) is 0.830. The first-order valence-corrected chi connectivity index (χ1v) is 9.42. The second kappa shape index (κ2) is 7.59. The maximum absolute atomic E-state index is 13.4. The van der Waals surface area contributed by atoms with E-state index in [0.29, 0.717) is 22.7 Å². The smallest absolute Gasteiger partial charge is 0.281 e. The van der Waals surface area contributed by atoms with E-state index in [1.165, 1.54) is 17.0 Å². The number of rotatable bonds is 5. The van der Waals surface area contributed by atoms with E-state index < -0.39 is 11.6 Å². The minimum Gasteiger partial charge on any atom is -0.497 e. The second-order valence-corrected chi connectivity index (χ2v) is 7.15. The predicted molar refractivity (Wildman–Crippen MR) is 110 cm³/mol. The van der Waals surface area contributed by atoms with Crippen LogP contribution in [-0.2, 0) is 11.2 Å². The van der Waals surface area contributed by atoms with Crippen molar-refractivity contribution in [1.29, 1.82) is 0 Å². The van der Waals surface area contributed by atoms with Crippen LogP contribution in [0.5, 0.6) is 5.75 Å². The summed E-state index contributed by atoms with van der Waals surface area (Å²) < 4.78 is 18.5. The Morgan fingerprint density at radius 1 is 1.17 bits per heavy atom. The summed E-state index contributed by atoms with van der Waals surface area (Å²) >= 11 is 0. The van der Waals surface area contributed by atoms with Gasteiger partial charge in [-0.3, -0.25) is 14.5 Å². The summed E-state index contributed by atoms with van der Waals surface area (Å²) in [4.78, 5) is 32.4. The van der Waals surface area contributed by atoms with Crippen LogP contribution in [0.25, 0.3) is 0 Å². The van der Waals surface area contributed by atoms with Crippen molar-refractivity contribution >= 4 is 17.6 Å². The summed E-state index contributed by atoms with van der Waals surface area (Å²) in [6.07, 6.45) is 5.32. The van der Waals surface area contributed by atoms with Crippen molar-refractivity contribution in [3.63, 3.8) is 0 Å². The molecule has 0 saturated heterocycles. The number of fused-ring (bicyclic) bond motifs is 1. The van der Waals surface area contributed by atoms with E-state index in [4.69, 9.17) is 4.74 Å². The fraction of sp³-hybridized carbons (Fsp3) is 0.174. The van der Waals surface area contributed by atoms with Gasteiger partial charge >= 0.3 is 0 Å². The van der Waals surface area contributed by atoms with Crippen molar-refractivity contribution < 1.29 is 18.7 Å². The van der Waals surface area contributed by atoms with E-state index in [1.807, 2.05) is 13.0 Å². The molecule has 7 heteroatoms. The number of nitrogens with one attached hydrogen (secondary N) is 1. The summed E-state index contributed by atoms with van der Waals surface area (Å²) in [7, 11) is 1.54. The molecule has 152 valence electrons. The van der Waals surface area contributed by atoms with Gasteiger partial charge in [0.2, 0.25) is 5.66 Å². The molecule has 2 aliphatic heterocycles. The summed E-state index contributed by atoms with van der Waals surface area (Å²) in [5.74, 6) is -0.0824. The number of halogens is 1. The Hall–Kier alpha value is -3.74. The number of ether oxygens (including phenoxy) is 1. The number of carbonyl (C=O) groups excluding carboxylic acids is 2. The lowest BCUT2D eigenvalue weighted by atomic mass is 9.98. The number of nitrogens with zero attached hydrogens (tertiary/aromatic N) is 2. The van der Waals surface area contributed by atoms with Gasteiger partial charge < -0.3 is 10.1 Å². The Morgan fingerprint density at radius 3 is 2.50 bits per heavy atom. The molecule has 0 radical (unpaired) electrons. The van der Waals surface area contributed by atoms with Crippen LogP contribution in [0.2, 0.25) is 0 Å². The molecule has 0 fully saturated rings. The fourth-order valence-corrected chi connectivity index (χ4v) is 3.48. The van der Waals surface area contributed by atoms with Gasteiger partial charge in [0.25, 0.3) is 11.8 Å². The van der Waals surface area contributed by atoms with Crippen molar-refractivity contribution in [2.75, 3.05) is 7.11 Å². The average molecular weight is 405 g/mol. The molecule has 30 heavy (non-hydrogen) atoms. The highest BCUT2D eigenvalue weighted by Gasteiger charge is 2.49. The van der Waals surface area contributed by atoms with E-state index in [1.54, 1.807) is 55.8 Å². The normalized spacial score (nSPS) is 19.8. The highest BCUT2D eigenvalue weighted by molar-refractivity contribution is 6.17. The molecule has 0 bridgehead atoms. The molecule has 2 amide bonds. The third-order valence-electron chi connectivity index (χ3n) is 5.08. The summed E-state index contributed by atoms with van der Waals surface area (Å²) in [6, 6.07) is 12.4. The topological polar surface area (TPSA) is 71.0 Å². The molecule has 4 rings (SSSR count). The molecule has 1 unspecified atom stereocenters. The molecule has 0 spiro atoms. The average Bonchev–Trinajstić information content (AvgIpc) is 3.03. The number of allylic oxidation sites excluding steroid dienone is 2. The Balaban J connectivity index is 1.71. The second-order valence-electron chi connectivity index (χ2n) is 7.15. The minimum atomic E-state index is -1.53. The molecule has 2 aromatic carbocycles. The van der Waals surface area contributed by atoms with Crippen molar-refractivity contribution in [2.45, 2.75) is 19.0 Å². The lowest BCUT2D eigenvalue weighted by Gasteiger charge is -2.27. The van der Waals surface area contributed by atoms with Gasteiger partial charge in [0, 0.05) is 18.2 Å². The molecule has 2 aromatic rings. The van der Waals surface area contributed by atoms with Crippen molar-refractivity contribution in [1.82, 2.24) is 10.2 Å². The number of methoxy groups -OCH3 is 1. The Kier molecular flexibility index (Phi) is 4.95. The largest absolute Gasteiger partial charge is 0.497 e. The number of benzene rings is 2. The van der Waals surface area contributed by atoms with Crippen LogP contribution < -0.4 is 10.1 Å². The number of amides is 2. The van der Waals surface area contributed by atoms with Crippen LogP contribution in [0.4, 0.5) is 4.39 Å². The Labute approximate surface area is 173 Å². The SMILES string of the molecule is COc1ccc(C(=O)NC2(Cc3ccc(F)cc3)N=C3C(C)=CC=CN3C2=O)cc1. The first-order valence-electron chi connectivity index (χ1n) is 9.42. The van der Waals surface area contributed by atoms with Crippen molar-refractivity contribution in [2.24, 2.45) is 4.99 Å². The maximum Gasteiger partial charge on any atom is 0.281 e. The first-order chi connectivity index (χ1) is 14.4. The molecular weight excluding hydrogens is 385 g/mol. The van der Waals surface area contributed by atoms with Gasteiger partial charge in [-0.2, -0.15) is 0 Å². The van der Waals surface area contributed by atoms with Gasteiger partial charge in [-0.05, 0) is 60.5 Å².